The van der Waals surface area contributed by atoms with Crippen molar-refractivity contribution in [3.05, 3.63) is 46.6 Å². The van der Waals surface area contributed by atoms with Gasteiger partial charge in [0.05, 0.1) is 0 Å². The molecule has 0 unspecified atom stereocenters. The molecule has 0 radical (unpaired) electrons. The highest BCUT2D eigenvalue weighted by Gasteiger charge is 2.29. The van der Waals surface area contributed by atoms with Crippen molar-refractivity contribution in [2.45, 2.75) is 77.3 Å². The smallest absolute Gasteiger partial charge is 0.194 e. The summed E-state index contributed by atoms with van der Waals surface area (Å²) >= 11 is 0. The van der Waals surface area contributed by atoms with E-state index < -0.39 is 9.84 Å². The molecule has 0 bridgehead atoms. The largest absolute Gasteiger partial charge is 0.507 e. The second kappa shape index (κ2) is 7.31. The number of aromatic hydroxyl groups is 1. The molecule has 0 aliphatic heterocycles. The molecule has 1 N–H and O–H groups in total. The van der Waals surface area contributed by atoms with E-state index >= 15 is 0 Å². The van der Waals surface area contributed by atoms with Crippen molar-refractivity contribution in [2.75, 3.05) is 6.26 Å². The maximum Gasteiger partial charge on any atom is 0.194 e. The molecule has 0 aliphatic rings. The number of phenols is 1. The molecule has 0 aliphatic carbocycles. The van der Waals surface area contributed by atoms with E-state index in [1.807, 2.05) is 55.4 Å². The minimum atomic E-state index is -3.47. The quantitative estimate of drug-likeness (QED) is 0.707. The molecule has 0 amide bonds. The predicted octanol–water partition coefficient (Wildman–Crippen LogP) is 5.00. The summed E-state index contributed by atoms with van der Waals surface area (Å²) in [6.45, 7) is 15.7. The fourth-order valence-electron chi connectivity index (χ4n) is 3.36. The van der Waals surface area contributed by atoms with Crippen molar-refractivity contribution in [1.82, 2.24) is 4.57 Å². The zero-order valence-electron chi connectivity index (χ0n) is 18.9. The van der Waals surface area contributed by atoms with Crippen LogP contribution >= 0.6 is 0 Å². The van der Waals surface area contributed by atoms with E-state index in [2.05, 4.69) is 0 Å². The lowest BCUT2D eigenvalue weighted by atomic mass is 9.78. The molecule has 6 heteroatoms. The van der Waals surface area contributed by atoms with Crippen molar-refractivity contribution >= 4 is 15.6 Å². The molecule has 29 heavy (non-hydrogen) atoms. The van der Waals surface area contributed by atoms with Gasteiger partial charge in [0.15, 0.2) is 15.6 Å². The third kappa shape index (κ3) is 4.74. The van der Waals surface area contributed by atoms with E-state index in [1.54, 1.807) is 22.9 Å². The van der Waals surface area contributed by atoms with Crippen LogP contribution in [0.3, 0.4) is 0 Å². The molecular weight excluding hydrogens is 386 g/mol. The lowest BCUT2D eigenvalue weighted by Crippen LogP contribution is -2.19. The Kier molecular flexibility index (Phi) is 5.85. The van der Waals surface area contributed by atoms with Gasteiger partial charge in [0, 0.05) is 40.7 Å². The minimum absolute atomic E-state index is 0.101. The van der Waals surface area contributed by atoms with Gasteiger partial charge in [-0.25, -0.2) is 8.42 Å². The Bertz CT molecular complexity index is 1010. The van der Waals surface area contributed by atoms with E-state index in [0.29, 0.717) is 22.3 Å². The van der Waals surface area contributed by atoms with E-state index in [4.69, 9.17) is 0 Å². The number of carbonyl (C=O) groups excluding carboxylic acids is 1. The molecule has 2 aromatic rings. The van der Waals surface area contributed by atoms with Crippen LogP contribution in [0.1, 0.15) is 88.5 Å². The fourth-order valence-corrected chi connectivity index (χ4v) is 4.35. The molecule has 5 nitrogen and oxygen atoms in total. The first kappa shape index (κ1) is 23.2. The van der Waals surface area contributed by atoms with Crippen LogP contribution in [0.15, 0.2) is 29.4 Å². The van der Waals surface area contributed by atoms with E-state index in [1.165, 1.54) is 6.07 Å². The number of hydrogen-bond acceptors (Lipinski definition) is 4. The zero-order chi connectivity index (χ0) is 22.5. The van der Waals surface area contributed by atoms with Gasteiger partial charge in [-0.3, -0.25) is 4.79 Å². The molecule has 1 aromatic carbocycles. The summed E-state index contributed by atoms with van der Waals surface area (Å²) in [7, 11) is -3.47. The molecule has 0 spiro atoms. The van der Waals surface area contributed by atoms with Gasteiger partial charge in [-0.1, -0.05) is 41.5 Å². The Balaban J connectivity index is 2.74. The first-order chi connectivity index (χ1) is 12.9. The Morgan fingerprint density at radius 1 is 0.931 bits per heavy atom. The molecule has 1 aromatic heterocycles. The Labute approximate surface area is 174 Å². The SMILES string of the molecule is CC(C)n1cc(C(=O)c2cc(C(C)(C)C)c(O)c(C(C)(C)C)c2)cc1S(C)(=O)=O. The van der Waals surface area contributed by atoms with Crippen molar-refractivity contribution < 1.29 is 18.3 Å². The number of sulfone groups is 1. The second-order valence-electron chi connectivity index (χ2n) is 10.1. The molecule has 0 fully saturated rings. The number of nitrogens with zero attached hydrogens (tertiary/aromatic N) is 1. The fraction of sp³-hybridized carbons (Fsp3) is 0.522. The van der Waals surface area contributed by atoms with Crippen LogP contribution in [0.2, 0.25) is 0 Å². The highest BCUT2D eigenvalue weighted by molar-refractivity contribution is 7.90. The van der Waals surface area contributed by atoms with Gasteiger partial charge in [-0.05, 0) is 42.9 Å². The summed E-state index contributed by atoms with van der Waals surface area (Å²) < 4.78 is 26.0. The number of aromatic nitrogens is 1. The van der Waals surface area contributed by atoms with Crippen LogP contribution in [0.4, 0.5) is 0 Å². The zero-order valence-corrected chi connectivity index (χ0v) is 19.7. The van der Waals surface area contributed by atoms with Gasteiger partial charge in [0.2, 0.25) is 0 Å². The van der Waals surface area contributed by atoms with E-state index in [0.717, 1.165) is 6.26 Å². The Hall–Kier alpha value is -2.08. The highest BCUT2D eigenvalue weighted by Crippen LogP contribution is 2.40. The molecule has 2 rings (SSSR count). The van der Waals surface area contributed by atoms with Gasteiger partial charge in [-0.2, -0.15) is 0 Å². The van der Waals surface area contributed by atoms with Crippen LogP contribution in [0.25, 0.3) is 0 Å². The van der Waals surface area contributed by atoms with Crippen LogP contribution in [-0.2, 0) is 20.7 Å². The topological polar surface area (TPSA) is 76.4 Å². The Morgan fingerprint density at radius 2 is 1.38 bits per heavy atom. The van der Waals surface area contributed by atoms with Gasteiger partial charge < -0.3 is 9.67 Å². The summed E-state index contributed by atoms with van der Waals surface area (Å²) in [5.41, 5.74) is 1.44. The van der Waals surface area contributed by atoms with E-state index in [9.17, 15) is 18.3 Å². The molecule has 0 saturated carbocycles. The van der Waals surface area contributed by atoms with Gasteiger partial charge in [0.25, 0.3) is 0 Å². The summed E-state index contributed by atoms with van der Waals surface area (Å²) in [5.74, 6) is -0.0524. The highest BCUT2D eigenvalue weighted by atomic mass is 32.2. The summed E-state index contributed by atoms with van der Waals surface area (Å²) in [6.07, 6.45) is 2.75. The minimum Gasteiger partial charge on any atom is -0.507 e. The molecule has 1 heterocycles. The van der Waals surface area contributed by atoms with Gasteiger partial charge in [-0.15, -0.1) is 0 Å². The summed E-state index contributed by atoms with van der Waals surface area (Å²) in [5, 5.41) is 11.0. The number of hydrogen-bond donors (Lipinski definition) is 1. The molecule has 0 atom stereocenters. The lowest BCUT2D eigenvalue weighted by molar-refractivity contribution is 0.103. The predicted molar refractivity (Wildman–Crippen MR) is 117 cm³/mol. The number of carbonyl (C=O) groups is 1. The summed E-state index contributed by atoms with van der Waals surface area (Å²) in [4.78, 5) is 13.3. The molecule has 0 saturated heterocycles. The average molecular weight is 420 g/mol. The molecular formula is C23H33NO4S. The van der Waals surface area contributed by atoms with Gasteiger partial charge >= 0.3 is 0 Å². The van der Waals surface area contributed by atoms with E-state index in [-0.39, 0.29) is 33.4 Å². The van der Waals surface area contributed by atoms with Crippen molar-refractivity contribution in [2.24, 2.45) is 0 Å². The van der Waals surface area contributed by atoms with Crippen LogP contribution in [0, 0.1) is 0 Å². The standard InChI is InChI=1S/C23H33NO4S/c1-14(2)24-13-16(12-19(24)29(9,27)28)20(25)15-10-17(22(3,4)5)21(26)18(11-15)23(6,7)8/h10-14,26H,1-9H3. The lowest BCUT2D eigenvalue weighted by Gasteiger charge is -2.28. The second-order valence-corrected chi connectivity index (χ2v) is 12.1. The van der Waals surface area contributed by atoms with Crippen molar-refractivity contribution in [1.29, 1.82) is 0 Å². The number of rotatable bonds is 4. The van der Waals surface area contributed by atoms with Gasteiger partial charge in [0.1, 0.15) is 10.8 Å². The number of phenolic OH excluding ortho intramolecular Hbond substituents is 1. The van der Waals surface area contributed by atoms with Crippen LogP contribution in [0.5, 0.6) is 5.75 Å². The number of ketones is 1. The van der Waals surface area contributed by atoms with Crippen molar-refractivity contribution in [3.8, 4) is 5.75 Å². The maximum atomic E-state index is 13.3. The summed E-state index contributed by atoms with van der Waals surface area (Å²) in [6, 6.07) is 4.79. The maximum absolute atomic E-state index is 13.3. The number of benzene rings is 1. The van der Waals surface area contributed by atoms with Crippen LogP contribution < -0.4 is 0 Å². The normalized spacial score (nSPS) is 13.2. The third-order valence-electron chi connectivity index (χ3n) is 5.00. The Morgan fingerprint density at radius 3 is 1.69 bits per heavy atom. The monoisotopic (exact) mass is 419 g/mol. The first-order valence-electron chi connectivity index (χ1n) is 9.79. The average Bonchev–Trinajstić information content (AvgIpc) is 2.98. The first-order valence-corrected chi connectivity index (χ1v) is 11.7. The molecule has 160 valence electrons. The van der Waals surface area contributed by atoms with Crippen LogP contribution in [-0.4, -0.2) is 30.1 Å². The van der Waals surface area contributed by atoms with Crippen molar-refractivity contribution in [3.63, 3.8) is 0 Å². The third-order valence-corrected chi connectivity index (χ3v) is 6.09.